The minimum atomic E-state index is -0.452. The molecule has 2 aromatic carbocycles. The first kappa shape index (κ1) is 16.6. The fourth-order valence-corrected chi connectivity index (χ4v) is 4.10. The molecule has 2 aliphatic heterocycles. The Morgan fingerprint density at radius 1 is 1.08 bits per heavy atom. The summed E-state index contributed by atoms with van der Waals surface area (Å²) in [7, 11) is 1.39. The Labute approximate surface area is 153 Å². The molecule has 2 aromatic rings. The fourth-order valence-electron chi connectivity index (χ4n) is 4.10. The lowest BCUT2D eigenvalue weighted by molar-refractivity contribution is -0.158. The van der Waals surface area contributed by atoms with Gasteiger partial charge in [0.05, 0.1) is 25.0 Å². The van der Waals surface area contributed by atoms with Crippen LogP contribution in [-0.4, -0.2) is 29.9 Å². The molecular formula is C22H21NO3. The molecule has 3 atom stereocenters. The summed E-state index contributed by atoms with van der Waals surface area (Å²) in [5.41, 5.74) is 3.33. The first-order valence-corrected chi connectivity index (χ1v) is 8.88. The van der Waals surface area contributed by atoms with Crippen molar-refractivity contribution in [1.82, 2.24) is 4.90 Å². The van der Waals surface area contributed by atoms with Crippen molar-refractivity contribution in [3.8, 4) is 0 Å². The second-order valence-corrected chi connectivity index (χ2v) is 6.85. The summed E-state index contributed by atoms with van der Waals surface area (Å²) < 4.78 is 4.95. The highest BCUT2D eigenvalue weighted by Gasteiger charge is 2.49. The van der Waals surface area contributed by atoms with E-state index in [0.717, 1.165) is 16.7 Å². The summed E-state index contributed by atoms with van der Waals surface area (Å²) in [6.07, 6.45) is 2.59. The van der Waals surface area contributed by atoms with Gasteiger partial charge in [0.1, 0.15) is 0 Å². The Bertz CT molecular complexity index is 844. The number of methoxy groups -OCH3 is 1. The van der Waals surface area contributed by atoms with Gasteiger partial charge in [-0.15, -0.1) is 0 Å². The molecule has 0 aromatic heterocycles. The molecule has 0 radical (unpaired) electrons. The normalized spacial score (nSPS) is 24.3. The van der Waals surface area contributed by atoms with Crippen molar-refractivity contribution in [2.24, 2.45) is 11.8 Å². The molecule has 5 rings (SSSR count). The minimum Gasteiger partial charge on any atom is -0.469 e. The zero-order chi connectivity index (χ0) is 18.1. The van der Waals surface area contributed by atoms with E-state index in [1.54, 1.807) is 0 Å². The molecule has 4 heteroatoms. The highest BCUT2D eigenvalue weighted by molar-refractivity contribution is 5.95. The van der Waals surface area contributed by atoms with Gasteiger partial charge in [0.2, 0.25) is 5.91 Å². The van der Waals surface area contributed by atoms with Crippen molar-refractivity contribution < 1.29 is 14.3 Å². The number of esters is 1. The van der Waals surface area contributed by atoms with Crippen LogP contribution in [0.4, 0.5) is 0 Å². The number of rotatable bonds is 4. The summed E-state index contributed by atoms with van der Waals surface area (Å²) in [5, 5.41) is 0. The fraction of sp³-hybridized carbons (Fsp3) is 0.273. The Kier molecular flexibility index (Phi) is 4.33. The maximum Gasteiger partial charge on any atom is 0.309 e. The quantitative estimate of drug-likeness (QED) is 0.798. The molecule has 1 amide bonds. The number of piperidine rings is 1. The third-order valence-electron chi connectivity index (χ3n) is 5.38. The van der Waals surface area contributed by atoms with E-state index in [0.29, 0.717) is 13.0 Å². The van der Waals surface area contributed by atoms with Gasteiger partial charge in [-0.1, -0.05) is 66.7 Å². The van der Waals surface area contributed by atoms with E-state index in [4.69, 9.17) is 4.74 Å². The van der Waals surface area contributed by atoms with Gasteiger partial charge >= 0.3 is 5.97 Å². The van der Waals surface area contributed by atoms with Gasteiger partial charge in [-0.25, -0.2) is 0 Å². The molecule has 3 aliphatic rings. The molecule has 4 nitrogen and oxygen atoms in total. The van der Waals surface area contributed by atoms with E-state index in [1.807, 2.05) is 59.5 Å². The summed E-state index contributed by atoms with van der Waals surface area (Å²) in [6.45, 7) is 0.554. The zero-order valence-electron chi connectivity index (χ0n) is 14.7. The number of benzene rings is 2. The van der Waals surface area contributed by atoms with Gasteiger partial charge in [0.25, 0.3) is 0 Å². The molecule has 0 N–H and O–H groups in total. The first-order valence-electron chi connectivity index (χ1n) is 8.88. The van der Waals surface area contributed by atoms with Crippen LogP contribution in [-0.2, 0) is 20.9 Å². The van der Waals surface area contributed by atoms with Crippen molar-refractivity contribution in [2.75, 3.05) is 7.11 Å². The van der Waals surface area contributed by atoms with Gasteiger partial charge in [0.15, 0.2) is 0 Å². The largest absolute Gasteiger partial charge is 0.469 e. The lowest BCUT2D eigenvalue weighted by Crippen LogP contribution is -2.56. The highest BCUT2D eigenvalue weighted by Crippen LogP contribution is 2.44. The monoisotopic (exact) mass is 347 g/mol. The van der Waals surface area contributed by atoms with Gasteiger partial charge in [-0.2, -0.15) is 0 Å². The van der Waals surface area contributed by atoms with Crippen LogP contribution in [0.3, 0.4) is 0 Å². The molecule has 1 saturated heterocycles. The molecule has 1 fully saturated rings. The predicted molar refractivity (Wildman–Crippen MR) is 98.8 cm³/mol. The van der Waals surface area contributed by atoms with Crippen LogP contribution in [0.2, 0.25) is 0 Å². The van der Waals surface area contributed by atoms with Gasteiger partial charge < -0.3 is 9.64 Å². The number of carbonyl (C=O) groups excluding carboxylic acids is 2. The number of ether oxygens (including phenoxy) is 1. The molecule has 2 heterocycles. The van der Waals surface area contributed by atoms with Crippen LogP contribution in [0.25, 0.3) is 5.57 Å². The maximum absolute atomic E-state index is 13.1. The van der Waals surface area contributed by atoms with Crippen LogP contribution < -0.4 is 0 Å². The summed E-state index contributed by atoms with van der Waals surface area (Å²) >= 11 is 0. The molecule has 1 aliphatic carbocycles. The number of hydrogen-bond acceptors (Lipinski definition) is 3. The standard InChI is InChI=1S/C22H21NO3/c1-26-22(25)19-13-20-17(16-10-6-3-7-11-16)12-18(19)21(24)23(20)14-15-8-4-2-5-9-15/h2-12,18-20H,13-14H2,1H3/t18?,19-,20?/m1/s1. The van der Waals surface area contributed by atoms with Crippen LogP contribution in [0, 0.1) is 11.8 Å². The van der Waals surface area contributed by atoms with Crippen LogP contribution in [0.15, 0.2) is 66.7 Å². The number of hydrogen-bond donors (Lipinski definition) is 0. The van der Waals surface area contributed by atoms with Gasteiger partial charge in [0, 0.05) is 6.54 Å². The molecule has 2 bridgehead atoms. The first-order chi connectivity index (χ1) is 12.7. The SMILES string of the molecule is COC(=O)[C@@H]1CC2C(c3ccccc3)=CC1C(=O)N2Cc1ccccc1. The Morgan fingerprint density at radius 2 is 1.73 bits per heavy atom. The van der Waals surface area contributed by atoms with Crippen molar-refractivity contribution >= 4 is 17.4 Å². The Balaban J connectivity index is 1.72. The lowest BCUT2D eigenvalue weighted by Gasteiger charge is -2.47. The molecule has 0 saturated carbocycles. The average molecular weight is 347 g/mol. The average Bonchev–Trinajstić information content (AvgIpc) is 2.71. The lowest BCUT2D eigenvalue weighted by atomic mass is 9.71. The summed E-state index contributed by atoms with van der Waals surface area (Å²) in [6, 6.07) is 20.0. The van der Waals surface area contributed by atoms with E-state index < -0.39 is 11.8 Å². The Hall–Kier alpha value is -2.88. The molecule has 132 valence electrons. The molecule has 26 heavy (non-hydrogen) atoms. The van der Waals surface area contributed by atoms with Crippen molar-refractivity contribution in [3.05, 3.63) is 77.9 Å². The smallest absolute Gasteiger partial charge is 0.309 e. The third kappa shape index (κ3) is 2.81. The summed E-state index contributed by atoms with van der Waals surface area (Å²) in [4.78, 5) is 27.2. The second kappa shape index (κ2) is 6.79. The number of amides is 1. The second-order valence-electron chi connectivity index (χ2n) is 6.85. The highest BCUT2D eigenvalue weighted by atomic mass is 16.5. The maximum atomic E-state index is 13.1. The zero-order valence-corrected chi connectivity index (χ0v) is 14.7. The van der Waals surface area contributed by atoms with Crippen LogP contribution >= 0.6 is 0 Å². The van der Waals surface area contributed by atoms with Crippen LogP contribution in [0.1, 0.15) is 17.5 Å². The molecular weight excluding hydrogens is 326 g/mol. The van der Waals surface area contributed by atoms with E-state index in [1.165, 1.54) is 7.11 Å². The Morgan fingerprint density at radius 3 is 2.38 bits per heavy atom. The van der Waals surface area contributed by atoms with E-state index in [9.17, 15) is 9.59 Å². The van der Waals surface area contributed by atoms with Gasteiger partial charge in [-0.05, 0) is 23.1 Å². The van der Waals surface area contributed by atoms with Gasteiger partial charge in [-0.3, -0.25) is 9.59 Å². The number of nitrogens with zero attached hydrogens (tertiary/aromatic N) is 1. The molecule has 0 spiro atoms. The van der Waals surface area contributed by atoms with E-state index >= 15 is 0 Å². The van der Waals surface area contributed by atoms with Crippen molar-refractivity contribution in [2.45, 2.75) is 19.0 Å². The van der Waals surface area contributed by atoms with Crippen molar-refractivity contribution in [3.63, 3.8) is 0 Å². The topological polar surface area (TPSA) is 46.6 Å². The van der Waals surface area contributed by atoms with Crippen molar-refractivity contribution in [1.29, 1.82) is 0 Å². The van der Waals surface area contributed by atoms with E-state index in [2.05, 4.69) is 12.1 Å². The number of fused-ring (bicyclic) bond motifs is 2. The van der Waals surface area contributed by atoms with E-state index in [-0.39, 0.29) is 17.9 Å². The predicted octanol–water partition coefficient (Wildman–Crippen LogP) is 3.29. The summed E-state index contributed by atoms with van der Waals surface area (Å²) in [5.74, 6) is -1.13. The minimum absolute atomic E-state index is 0.0141. The molecule has 2 unspecified atom stereocenters. The van der Waals surface area contributed by atoms with Crippen LogP contribution in [0.5, 0.6) is 0 Å². The third-order valence-corrected chi connectivity index (χ3v) is 5.38. The number of carbonyl (C=O) groups is 2.